The molecule has 0 spiro atoms. The van der Waals surface area contributed by atoms with Crippen molar-refractivity contribution in [2.45, 2.75) is 12.8 Å². The third kappa shape index (κ3) is 4.63. The molecule has 3 aromatic rings. The zero-order chi connectivity index (χ0) is 19.1. The molecule has 0 saturated carbocycles. The molecule has 0 N–H and O–H groups in total. The Balaban J connectivity index is 0.000000253. The van der Waals surface area contributed by atoms with Crippen molar-refractivity contribution in [3.05, 3.63) is 91.0 Å². The normalized spacial score (nSPS) is 13.5. The van der Waals surface area contributed by atoms with Crippen LogP contribution in [0.15, 0.2) is 96.0 Å². The maximum absolute atomic E-state index is 10.1. The minimum Gasteiger partial charge on any atom is -0.862 e. The van der Waals surface area contributed by atoms with E-state index in [9.17, 15) is 9.90 Å². The number of benzene rings is 3. The first-order valence-electron chi connectivity index (χ1n) is 8.63. The van der Waals surface area contributed by atoms with Crippen LogP contribution in [0.3, 0.4) is 0 Å². The van der Waals surface area contributed by atoms with Gasteiger partial charge in [0.15, 0.2) is 0 Å². The number of nitrogens with zero attached hydrogens (tertiary/aromatic N) is 1. The van der Waals surface area contributed by atoms with Gasteiger partial charge in [-0.05, 0) is 48.7 Å². The van der Waals surface area contributed by atoms with Crippen LogP contribution in [0.1, 0.15) is 12.8 Å². The highest BCUT2D eigenvalue weighted by molar-refractivity contribution is 8.14. The summed E-state index contributed by atoms with van der Waals surface area (Å²) in [5.41, 5.74) is 0. The van der Waals surface area contributed by atoms with Gasteiger partial charge in [-0.15, -0.1) is 0 Å². The van der Waals surface area contributed by atoms with Crippen LogP contribution in [-0.2, 0) is 4.79 Å². The molecule has 0 saturated heterocycles. The summed E-state index contributed by atoms with van der Waals surface area (Å²) in [6.07, 6.45) is 0.637. The van der Waals surface area contributed by atoms with E-state index in [2.05, 4.69) is 77.8 Å². The number of amides is 1. The van der Waals surface area contributed by atoms with Crippen molar-refractivity contribution in [1.29, 1.82) is 0 Å². The van der Waals surface area contributed by atoms with E-state index in [4.69, 9.17) is 11.2 Å². The largest absolute Gasteiger partial charge is 0.862 e. The lowest BCUT2D eigenvalue weighted by atomic mass is 10.4. The number of carbonyl (C=O) groups excluding carboxylic acids is 1. The third-order valence-electron chi connectivity index (χ3n) is 4.14. The Hall–Kier alpha value is -2.48. The Bertz CT molecular complexity index is 818. The van der Waals surface area contributed by atoms with Crippen LogP contribution in [0.5, 0.6) is 0 Å². The zero-order valence-electron chi connectivity index (χ0n) is 14.7. The highest BCUT2D eigenvalue weighted by Gasteiger charge is 2.44. The Kier molecular flexibility index (Phi) is 6.39. The first-order valence-corrected chi connectivity index (χ1v) is 11.3. The fraction of sp³-hybridized carbons (Fsp3) is 0.0909. The molecule has 0 radical (unpaired) electrons. The second-order valence-electron chi connectivity index (χ2n) is 5.99. The molecule has 1 amide bonds. The van der Waals surface area contributed by atoms with Gasteiger partial charge in [0.2, 0.25) is 12.5 Å². The van der Waals surface area contributed by atoms with E-state index in [1.807, 2.05) is 18.2 Å². The summed E-state index contributed by atoms with van der Waals surface area (Å²) < 4.78 is 0. The smallest absolute Gasteiger partial charge is 0.245 e. The number of aliphatic imine (C=N–C) groups is 1. The Morgan fingerprint density at radius 3 is 1.30 bits per heavy atom. The first kappa shape index (κ1) is 19.3. The monoisotopic (exact) mass is 395 g/mol. The van der Waals surface area contributed by atoms with E-state index in [0.29, 0.717) is 12.8 Å². The molecule has 0 fully saturated rings. The van der Waals surface area contributed by atoms with E-state index < -0.39 is 6.62 Å². The van der Waals surface area contributed by atoms with Gasteiger partial charge in [-0.25, -0.2) is 4.99 Å². The van der Waals surface area contributed by atoms with Crippen LogP contribution in [0.4, 0.5) is 0 Å². The fourth-order valence-electron chi connectivity index (χ4n) is 2.81. The lowest BCUT2D eigenvalue weighted by molar-refractivity contribution is -0.217. The summed E-state index contributed by atoms with van der Waals surface area (Å²) >= 11 is 7.23. The average Bonchev–Trinajstić information content (AvgIpc) is 3.12. The zero-order valence-corrected chi connectivity index (χ0v) is 16.3. The van der Waals surface area contributed by atoms with Crippen LogP contribution in [0.2, 0.25) is 0 Å². The quantitative estimate of drug-likeness (QED) is 0.639. The van der Waals surface area contributed by atoms with Crippen LogP contribution in [0.25, 0.3) is 0 Å². The Labute approximate surface area is 164 Å². The number of halogens is 1. The molecule has 3 nitrogen and oxygen atoms in total. The van der Waals surface area contributed by atoms with E-state index in [1.165, 1.54) is 15.9 Å². The lowest BCUT2D eigenvalue weighted by Gasteiger charge is -2.18. The lowest BCUT2D eigenvalue weighted by Crippen LogP contribution is -2.26. The van der Waals surface area contributed by atoms with Gasteiger partial charge >= 0.3 is 0 Å². The molecule has 0 atom stereocenters. The predicted octanol–water partition coefficient (Wildman–Crippen LogP) is 3.20. The van der Waals surface area contributed by atoms with Crippen molar-refractivity contribution in [1.82, 2.24) is 0 Å². The molecular formula is C22H19ClNO2P. The molecule has 136 valence electrons. The Morgan fingerprint density at radius 1 is 0.704 bits per heavy atom. The molecule has 0 aliphatic carbocycles. The van der Waals surface area contributed by atoms with Gasteiger partial charge in [0.05, 0.1) is 0 Å². The summed E-state index contributed by atoms with van der Waals surface area (Å²) in [4.78, 5) is 13.2. The molecule has 0 unspecified atom stereocenters. The van der Waals surface area contributed by atoms with Gasteiger partial charge in [-0.2, -0.15) is 0 Å². The molecule has 0 bridgehead atoms. The number of hydrogen-bond donors (Lipinski definition) is 0. The molecule has 1 heterocycles. The van der Waals surface area contributed by atoms with Crippen molar-refractivity contribution >= 4 is 45.6 Å². The molecule has 4 rings (SSSR count). The van der Waals surface area contributed by atoms with Crippen molar-refractivity contribution < 1.29 is 9.90 Å². The number of rotatable bonds is 3. The highest BCUT2D eigenvalue weighted by Crippen LogP contribution is 2.60. The van der Waals surface area contributed by atoms with Crippen molar-refractivity contribution in [2.75, 3.05) is 0 Å². The van der Waals surface area contributed by atoms with E-state index in [-0.39, 0.29) is 11.8 Å². The first-order chi connectivity index (χ1) is 13.1. The Morgan fingerprint density at radius 2 is 1.07 bits per heavy atom. The van der Waals surface area contributed by atoms with Crippen molar-refractivity contribution in [2.24, 2.45) is 4.99 Å². The summed E-state index contributed by atoms with van der Waals surface area (Å²) in [5.74, 6) is -0.546. The minimum atomic E-state index is -2.05. The van der Waals surface area contributed by atoms with Crippen molar-refractivity contribution in [3.63, 3.8) is 0 Å². The molecular weight excluding hydrogens is 377 g/mol. The van der Waals surface area contributed by atoms with Gasteiger partial charge in [0.25, 0.3) is 0 Å². The molecule has 0 aromatic heterocycles. The number of hydrogen-bond acceptors (Lipinski definition) is 2. The van der Waals surface area contributed by atoms with Gasteiger partial charge in [0.1, 0.15) is 27.2 Å². The molecule has 3 aromatic carbocycles. The van der Waals surface area contributed by atoms with Crippen LogP contribution >= 0.6 is 17.9 Å². The van der Waals surface area contributed by atoms with Gasteiger partial charge < -0.3 is 5.11 Å². The topological polar surface area (TPSA) is 52.5 Å². The summed E-state index contributed by atoms with van der Waals surface area (Å²) in [6.45, 7) is -2.05. The van der Waals surface area contributed by atoms with Gasteiger partial charge in [-0.3, -0.25) is 4.79 Å². The average molecular weight is 396 g/mol. The highest BCUT2D eigenvalue weighted by atomic mass is 35.7. The van der Waals surface area contributed by atoms with E-state index >= 15 is 0 Å². The second-order valence-corrected chi connectivity index (χ2v) is 10.2. The molecule has 1 aliphatic rings. The second kappa shape index (κ2) is 8.94. The van der Waals surface area contributed by atoms with E-state index in [1.54, 1.807) is 0 Å². The summed E-state index contributed by atoms with van der Waals surface area (Å²) in [5, 5.41) is 13.6. The maximum atomic E-state index is 10.1. The van der Waals surface area contributed by atoms with Gasteiger partial charge in [0, 0.05) is 6.42 Å². The summed E-state index contributed by atoms with van der Waals surface area (Å²) in [7, 11) is 0. The van der Waals surface area contributed by atoms with Gasteiger partial charge in [-0.1, -0.05) is 54.6 Å². The SMILES string of the molecule is Cl[P+](c1ccccc1)(c1ccccc1)c1ccccc1.O=C1CCC([O-])=N1. The van der Waals surface area contributed by atoms with E-state index in [0.717, 1.165) is 0 Å². The molecule has 1 aliphatic heterocycles. The van der Waals surface area contributed by atoms with Crippen LogP contribution in [0, 0.1) is 0 Å². The molecule has 5 heteroatoms. The van der Waals surface area contributed by atoms with Crippen LogP contribution in [-0.4, -0.2) is 11.8 Å². The van der Waals surface area contributed by atoms with Crippen LogP contribution < -0.4 is 21.0 Å². The maximum Gasteiger partial charge on any atom is 0.245 e. The third-order valence-corrected chi connectivity index (χ3v) is 8.92. The number of carbonyl (C=O) groups is 1. The molecule has 27 heavy (non-hydrogen) atoms. The predicted molar refractivity (Wildman–Crippen MR) is 113 cm³/mol. The standard InChI is InChI=1S/C18H15ClP.C4H5NO2/c19-20(16-10-4-1-5-11-16,17-12-6-2-7-13-17)18-14-8-3-9-15-18;6-3-1-2-4(7)5-3/h1-15H;1-2H2,(H,5,6,7)/q+1;/p-1. The summed E-state index contributed by atoms with van der Waals surface area (Å²) in [6, 6.07) is 31.2. The fourth-order valence-corrected chi connectivity index (χ4v) is 6.47. The minimum absolute atomic E-state index is 0.273. The van der Waals surface area contributed by atoms with Crippen molar-refractivity contribution in [3.8, 4) is 0 Å².